The fourth-order valence-corrected chi connectivity index (χ4v) is 2.51. The summed E-state index contributed by atoms with van der Waals surface area (Å²) < 4.78 is 13.9. The molecule has 2 aromatic rings. The summed E-state index contributed by atoms with van der Waals surface area (Å²) in [4.78, 5) is 0. The van der Waals surface area contributed by atoms with Gasteiger partial charge < -0.3 is 9.31 Å². The lowest BCUT2D eigenvalue weighted by atomic mass is 9.82. The van der Waals surface area contributed by atoms with Crippen molar-refractivity contribution < 1.29 is 9.31 Å². The van der Waals surface area contributed by atoms with Crippen LogP contribution in [-0.4, -0.2) is 28.1 Å². The number of hydrogen-bond acceptors (Lipinski definition) is 4. The summed E-state index contributed by atoms with van der Waals surface area (Å²) in [7, 11) is -0.417. The topological polar surface area (TPSA) is 60.1 Å². The maximum atomic E-state index is 9.17. The first-order valence-electron chi connectivity index (χ1n) is 7.68. The molecule has 1 aliphatic heterocycles. The number of nitrogens with zero attached hydrogens (tertiary/aromatic N) is 3. The zero-order chi connectivity index (χ0) is 16.7. The molecule has 1 saturated heterocycles. The summed E-state index contributed by atoms with van der Waals surface area (Å²) in [6, 6.07) is 9.75. The molecule has 6 heteroatoms. The van der Waals surface area contributed by atoms with Crippen LogP contribution in [0.25, 0.3) is 0 Å². The van der Waals surface area contributed by atoms with E-state index in [0.29, 0.717) is 12.1 Å². The maximum absolute atomic E-state index is 9.17. The van der Waals surface area contributed by atoms with Crippen LogP contribution in [0.5, 0.6) is 0 Å². The van der Waals surface area contributed by atoms with Gasteiger partial charge in [-0.1, -0.05) is 18.2 Å². The first-order chi connectivity index (χ1) is 10.8. The van der Waals surface area contributed by atoms with Gasteiger partial charge in [0.15, 0.2) is 0 Å². The minimum Gasteiger partial charge on any atom is -0.399 e. The summed E-state index contributed by atoms with van der Waals surface area (Å²) >= 11 is 0. The van der Waals surface area contributed by atoms with Crippen LogP contribution in [0, 0.1) is 11.3 Å². The molecule has 0 N–H and O–H groups in total. The third-order valence-electron chi connectivity index (χ3n) is 4.65. The molecule has 0 amide bonds. The van der Waals surface area contributed by atoms with Gasteiger partial charge in [-0.3, -0.25) is 4.68 Å². The van der Waals surface area contributed by atoms with Crippen molar-refractivity contribution in [3.05, 3.63) is 47.8 Å². The molecule has 1 aliphatic rings. The Bertz CT molecular complexity index is 745. The molecule has 0 spiro atoms. The molecule has 0 radical (unpaired) electrons. The molecule has 1 aromatic carbocycles. The van der Waals surface area contributed by atoms with Crippen molar-refractivity contribution in [1.82, 2.24) is 9.78 Å². The van der Waals surface area contributed by atoms with E-state index in [-0.39, 0.29) is 11.2 Å². The highest BCUT2D eigenvalue weighted by Crippen LogP contribution is 2.36. The van der Waals surface area contributed by atoms with Crippen molar-refractivity contribution in [2.75, 3.05) is 0 Å². The summed E-state index contributed by atoms with van der Waals surface area (Å²) in [6.45, 7) is 8.66. The van der Waals surface area contributed by atoms with Gasteiger partial charge in [0.2, 0.25) is 0 Å². The SMILES string of the molecule is CC1(C)OB(c2cnn(Cc3ccccc3C#N)c2)OC1(C)C. The van der Waals surface area contributed by atoms with Gasteiger partial charge in [-0.25, -0.2) is 0 Å². The van der Waals surface area contributed by atoms with E-state index in [1.807, 2.05) is 58.2 Å². The van der Waals surface area contributed by atoms with Crippen molar-refractivity contribution in [3.63, 3.8) is 0 Å². The third-order valence-corrected chi connectivity index (χ3v) is 4.65. The lowest BCUT2D eigenvalue weighted by Gasteiger charge is -2.32. The highest BCUT2D eigenvalue weighted by Gasteiger charge is 2.52. The second-order valence-corrected chi connectivity index (χ2v) is 6.83. The van der Waals surface area contributed by atoms with Crippen molar-refractivity contribution >= 4 is 12.6 Å². The molecule has 1 aromatic heterocycles. The van der Waals surface area contributed by atoms with Gasteiger partial charge in [-0.15, -0.1) is 0 Å². The highest BCUT2D eigenvalue weighted by atomic mass is 16.7. The average Bonchev–Trinajstić information content (AvgIpc) is 3.02. The van der Waals surface area contributed by atoms with Crippen molar-refractivity contribution in [3.8, 4) is 6.07 Å². The molecular formula is C17H20BN3O2. The first-order valence-corrected chi connectivity index (χ1v) is 7.68. The lowest BCUT2D eigenvalue weighted by molar-refractivity contribution is 0.00578. The van der Waals surface area contributed by atoms with Gasteiger partial charge >= 0.3 is 7.12 Å². The van der Waals surface area contributed by atoms with E-state index >= 15 is 0 Å². The summed E-state index contributed by atoms with van der Waals surface area (Å²) in [6.07, 6.45) is 3.67. The number of rotatable bonds is 3. The van der Waals surface area contributed by atoms with E-state index in [1.165, 1.54) is 0 Å². The van der Waals surface area contributed by atoms with Crippen LogP contribution in [0.4, 0.5) is 0 Å². The van der Waals surface area contributed by atoms with Gasteiger partial charge in [0.05, 0.1) is 29.4 Å². The van der Waals surface area contributed by atoms with Gasteiger partial charge in [0, 0.05) is 17.9 Å². The number of aromatic nitrogens is 2. The van der Waals surface area contributed by atoms with Crippen LogP contribution >= 0.6 is 0 Å². The molecule has 23 heavy (non-hydrogen) atoms. The number of hydrogen-bond donors (Lipinski definition) is 0. The number of nitriles is 1. The van der Waals surface area contributed by atoms with Crippen LogP contribution in [0.15, 0.2) is 36.7 Å². The van der Waals surface area contributed by atoms with Crippen LogP contribution in [0.1, 0.15) is 38.8 Å². The van der Waals surface area contributed by atoms with E-state index in [1.54, 1.807) is 10.9 Å². The fourth-order valence-electron chi connectivity index (χ4n) is 2.51. The van der Waals surface area contributed by atoms with Crippen molar-refractivity contribution in [1.29, 1.82) is 5.26 Å². The average molecular weight is 309 g/mol. The normalized spacial score (nSPS) is 18.8. The Morgan fingerprint density at radius 2 is 1.83 bits per heavy atom. The Kier molecular flexibility index (Phi) is 3.79. The minimum absolute atomic E-state index is 0.368. The maximum Gasteiger partial charge on any atom is 0.498 e. The largest absolute Gasteiger partial charge is 0.498 e. The Morgan fingerprint density at radius 1 is 1.17 bits per heavy atom. The molecule has 0 unspecified atom stereocenters. The van der Waals surface area contributed by atoms with E-state index in [4.69, 9.17) is 14.6 Å². The predicted molar refractivity (Wildman–Crippen MR) is 88.2 cm³/mol. The Labute approximate surface area is 137 Å². The van der Waals surface area contributed by atoms with Crippen LogP contribution < -0.4 is 5.46 Å². The molecule has 0 atom stereocenters. The second-order valence-electron chi connectivity index (χ2n) is 6.83. The molecule has 3 rings (SSSR count). The Morgan fingerprint density at radius 3 is 2.48 bits per heavy atom. The first kappa shape index (κ1) is 15.8. The Balaban J connectivity index is 1.79. The summed E-state index contributed by atoms with van der Waals surface area (Å²) in [5.74, 6) is 0. The van der Waals surface area contributed by atoms with Gasteiger partial charge in [-0.05, 0) is 39.3 Å². The van der Waals surface area contributed by atoms with Crippen LogP contribution in [-0.2, 0) is 15.9 Å². The van der Waals surface area contributed by atoms with Crippen LogP contribution in [0.2, 0.25) is 0 Å². The molecule has 1 fully saturated rings. The molecular weight excluding hydrogens is 289 g/mol. The number of benzene rings is 1. The Hall–Kier alpha value is -2.10. The third kappa shape index (κ3) is 2.90. The van der Waals surface area contributed by atoms with Gasteiger partial charge in [-0.2, -0.15) is 10.4 Å². The van der Waals surface area contributed by atoms with E-state index in [2.05, 4.69) is 11.2 Å². The lowest BCUT2D eigenvalue weighted by Crippen LogP contribution is -2.41. The van der Waals surface area contributed by atoms with E-state index in [0.717, 1.165) is 11.0 Å². The molecule has 5 nitrogen and oxygen atoms in total. The zero-order valence-corrected chi connectivity index (χ0v) is 13.9. The van der Waals surface area contributed by atoms with Crippen LogP contribution in [0.3, 0.4) is 0 Å². The molecule has 0 aliphatic carbocycles. The van der Waals surface area contributed by atoms with E-state index < -0.39 is 7.12 Å². The second kappa shape index (κ2) is 5.52. The quantitative estimate of drug-likeness (QED) is 0.815. The molecule has 0 saturated carbocycles. The summed E-state index contributed by atoms with van der Waals surface area (Å²) in [5.41, 5.74) is 1.76. The standard InChI is InChI=1S/C17H20BN3O2/c1-16(2)17(3,4)23-18(22-16)15-10-20-21(12-15)11-14-8-6-5-7-13(14)9-19/h5-8,10,12H,11H2,1-4H3. The predicted octanol–water partition coefficient (Wildman–Crippen LogP) is 2.10. The molecule has 0 bridgehead atoms. The van der Waals surface area contributed by atoms with Gasteiger partial charge in [0.1, 0.15) is 0 Å². The smallest absolute Gasteiger partial charge is 0.399 e. The monoisotopic (exact) mass is 309 g/mol. The van der Waals surface area contributed by atoms with E-state index in [9.17, 15) is 0 Å². The zero-order valence-electron chi connectivity index (χ0n) is 13.9. The highest BCUT2D eigenvalue weighted by molar-refractivity contribution is 6.61. The summed E-state index contributed by atoms with van der Waals surface area (Å²) in [5, 5.41) is 13.5. The molecule has 118 valence electrons. The minimum atomic E-state index is -0.417. The fraction of sp³-hybridized carbons (Fsp3) is 0.412. The molecule has 2 heterocycles. The van der Waals surface area contributed by atoms with Crippen molar-refractivity contribution in [2.24, 2.45) is 0 Å². The van der Waals surface area contributed by atoms with Gasteiger partial charge in [0.25, 0.3) is 0 Å². The van der Waals surface area contributed by atoms with Crippen molar-refractivity contribution in [2.45, 2.75) is 45.4 Å².